The molecule has 0 saturated heterocycles. The predicted molar refractivity (Wildman–Crippen MR) is 58.1 cm³/mol. The molecule has 1 aromatic carbocycles. The van der Waals surface area contributed by atoms with Gasteiger partial charge in [0.15, 0.2) is 11.5 Å². The third-order valence-corrected chi connectivity index (χ3v) is 2.88. The summed E-state index contributed by atoms with van der Waals surface area (Å²) in [5.74, 6) is 0.945. The third-order valence-electron chi connectivity index (χ3n) is 2.60. The van der Waals surface area contributed by atoms with Crippen molar-refractivity contribution >= 4 is 17.5 Å². The van der Waals surface area contributed by atoms with E-state index in [1.54, 1.807) is 12.1 Å². The molecule has 1 amide bonds. The Morgan fingerprint density at radius 3 is 2.94 bits per heavy atom. The van der Waals surface area contributed by atoms with Crippen molar-refractivity contribution in [3.05, 3.63) is 22.7 Å². The highest BCUT2D eigenvalue weighted by molar-refractivity contribution is 6.32. The largest absolute Gasteiger partial charge is 0.454 e. The molecule has 4 nitrogen and oxygen atoms in total. The summed E-state index contributed by atoms with van der Waals surface area (Å²) in [6, 6.07) is 3.59. The van der Waals surface area contributed by atoms with E-state index in [-0.39, 0.29) is 12.7 Å². The Bertz CT molecular complexity index is 457. The number of rotatable bonds is 2. The van der Waals surface area contributed by atoms with Crippen LogP contribution in [0.15, 0.2) is 12.1 Å². The van der Waals surface area contributed by atoms with Crippen LogP contribution in [-0.4, -0.2) is 18.7 Å². The smallest absolute Gasteiger partial charge is 0.251 e. The maximum Gasteiger partial charge on any atom is 0.251 e. The van der Waals surface area contributed by atoms with Gasteiger partial charge in [0.1, 0.15) is 0 Å². The molecule has 1 aliphatic heterocycles. The van der Waals surface area contributed by atoms with Crippen molar-refractivity contribution < 1.29 is 14.3 Å². The molecule has 1 saturated carbocycles. The zero-order valence-corrected chi connectivity index (χ0v) is 9.21. The zero-order valence-electron chi connectivity index (χ0n) is 8.46. The maximum atomic E-state index is 11.8. The number of halogens is 1. The highest BCUT2D eigenvalue weighted by Gasteiger charge is 2.26. The summed E-state index contributed by atoms with van der Waals surface area (Å²) in [5, 5.41) is 3.31. The molecule has 1 heterocycles. The van der Waals surface area contributed by atoms with Crippen LogP contribution in [-0.2, 0) is 0 Å². The van der Waals surface area contributed by atoms with Gasteiger partial charge in [0.25, 0.3) is 5.91 Å². The molecule has 5 heteroatoms. The standard InChI is InChI=1S/C11H10ClNO3/c12-8-3-6(11(14)13-7-1-2-7)4-9-10(8)16-5-15-9/h3-4,7H,1-2,5H2,(H,13,14). The van der Waals surface area contributed by atoms with Crippen molar-refractivity contribution in [2.45, 2.75) is 18.9 Å². The normalized spacial score (nSPS) is 17.3. The van der Waals surface area contributed by atoms with Gasteiger partial charge >= 0.3 is 0 Å². The Morgan fingerprint density at radius 2 is 2.19 bits per heavy atom. The number of nitrogens with one attached hydrogen (secondary N) is 1. The second kappa shape index (κ2) is 3.56. The molecule has 1 N–H and O–H groups in total. The van der Waals surface area contributed by atoms with Crippen molar-refractivity contribution in [2.24, 2.45) is 0 Å². The summed E-state index contributed by atoms with van der Waals surface area (Å²) in [6.07, 6.45) is 2.12. The van der Waals surface area contributed by atoms with E-state index in [1.807, 2.05) is 0 Å². The number of carbonyl (C=O) groups excluding carboxylic acids is 1. The second-order valence-electron chi connectivity index (χ2n) is 3.94. The quantitative estimate of drug-likeness (QED) is 0.858. The lowest BCUT2D eigenvalue weighted by atomic mass is 10.2. The van der Waals surface area contributed by atoms with Crippen molar-refractivity contribution in [1.82, 2.24) is 5.32 Å². The molecule has 0 radical (unpaired) electrons. The first-order valence-electron chi connectivity index (χ1n) is 5.14. The van der Waals surface area contributed by atoms with Crippen LogP contribution in [0.5, 0.6) is 11.5 Å². The van der Waals surface area contributed by atoms with E-state index in [2.05, 4.69) is 5.32 Å². The average molecular weight is 240 g/mol. The fourth-order valence-corrected chi connectivity index (χ4v) is 1.86. The fourth-order valence-electron chi connectivity index (χ4n) is 1.59. The molecule has 16 heavy (non-hydrogen) atoms. The van der Waals surface area contributed by atoms with Gasteiger partial charge in [-0.05, 0) is 25.0 Å². The van der Waals surface area contributed by atoms with E-state index in [4.69, 9.17) is 21.1 Å². The van der Waals surface area contributed by atoms with Crippen molar-refractivity contribution in [3.63, 3.8) is 0 Å². The van der Waals surface area contributed by atoms with Gasteiger partial charge in [0, 0.05) is 11.6 Å². The Kier molecular flexibility index (Phi) is 2.17. The van der Waals surface area contributed by atoms with E-state index >= 15 is 0 Å². The summed E-state index contributed by atoms with van der Waals surface area (Å²) in [4.78, 5) is 11.8. The first kappa shape index (κ1) is 9.78. The van der Waals surface area contributed by atoms with Crippen LogP contribution in [0.4, 0.5) is 0 Å². The zero-order chi connectivity index (χ0) is 11.1. The van der Waals surface area contributed by atoms with Crippen LogP contribution >= 0.6 is 11.6 Å². The van der Waals surface area contributed by atoms with Gasteiger partial charge in [-0.3, -0.25) is 4.79 Å². The molecule has 84 valence electrons. The van der Waals surface area contributed by atoms with Crippen molar-refractivity contribution in [1.29, 1.82) is 0 Å². The minimum Gasteiger partial charge on any atom is -0.454 e. The Hall–Kier alpha value is -1.42. The van der Waals surface area contributed by atoms with Crippen LogP contribution in [0.2, 0.25) is 5.02 Å². The number of amides is 1. The van der Waals surface area contributed by atoms with E-state index in [9.17, 15) is 4.79 Å². The van der Waals surface area contributed by atoms with Gasteiger partial charge < -0.3 is 14.8 Å². The van der Waals surface area contributed by atoms with Crippen LogP contribution in [0.1, 0.15) is 23.2 Å². The third kappa shape index (κ3) is 1.69. The van der Waals surface area contributed by atoms with E-state index in [0.717, 1.165) is 12.8 Å². The van der Waals surface area contributed by atoms with E-state index in [0.29, 0.717) is 28.1 Å². The van der Waals surface area contributed by atoms with E-state index < -0.39 is 0 Å². The molecular formula is C11H10ClNO3. The van der Waals surface area contributed by atoms with Gasteiger partial charge in [-0.2, -0.15) is 0 Å². The number of carbonyl (C=O) groups is 1. The summed E-state index contributed by atoms with van der Waals surface area (Å²) in [7, 11) is 0. The lowest BCUT2D eigenvalue weighted by Crippen LogP contribution is -2.25. The van der Waals surface area contributed by atoms with Gasteiger partial charge in [-0.15, -0.1) is 0 Å². The molecule has 1 aliphatic carbocycles. The Morgan fingerprint density at radius 1 is 1.38 bits per heavy atom. The molecule has 0 aromatic heterocycles. The molecule has 0 unspecified atom stereocenters. The number of benzene rings is 1. The lowest BCUT2D eigenvalue weighted by molar-refractivity contribution is 0.0950. The van der Waals surface area contributed by atoms with Crippen LogP contribution < -0.4 is 14.8 Å². The fraction of sp³-hybridized carbons (Fsp3) is 0.364. The second-order valence-corrected chi connectivity index (χ2v) is 4.35. The monoisotopic (exact) mass is 239 g/mol. The van der Waals surface area contributed by atoms with E-state index in [1.165, 1.54) is 0 Å². The summed E-state index contributed by atoms with van der Waals surface area (Å²) in [6.45, 7) is 0.156. The summed E-state index contributed by atoms with van der Waals surface area (Å²) < 4.78 is 10.4. The molecule has 2 aliphatic rings. The molecule has 3 rings (SSSR count). The number of hydrogen-bond acceptors (Lipinski definition) is 3. The molecule has 0 atom stereocenters. The summed E-state index contributed by atoms with van der Waals surface area (Å²) in [5.41, 5.74) is 0.515. The first-order chi connectivity index (χ1) is 7.74. The van der Waals surface area contributed by atoms with Crippen molar-refractivity contribution in [3.8, 4) is 11.5 Å². The lowest BCUT2D eigenvalue weighted by Gasteiger charge is -2.05. The number of ether oxygens (including phenoxy) is 2. The Balaban J connectivity index is 1.89. The highest BCUT2D eigenvalue weighted by atomic mass is 35.5. The molecular weight excluding hydrogens is 230 g/mol. The topological polar surface area (TPSA) is 47.6 Å². The minimum absolute atomic E-state index is 0.109. The minimum atomic E-state index is -0.109. The van der Waals surface area contributed by atoms with Crippen LogP contribution in [0, 0.1) is 0 Å². The van der Waals surface area contributed by atoms with Crippen LogP contribution in [0.25, 0.3) is 0 Å². The number of fused-ring (bicyclic) bond motifs is 1. The molecule has 0 bridgehead atoms. The molecule has 0 spiro atoms. The first-order valence-corrected chi connectivity index (χ1v) is 5.52. The van der Waals surface area contributed by atoms with Gasteiger partial charge in [-0.25, -0.2) is 0 Å². The summed E-state index contributed by atoms with van der Waals surface area (Å²) >= 11 is 5.99. The van der Waals surface area contributed by atoms with Gasteiger partial charge in [-0.1, -0.05) is 11.6 Å². The number of hydrogen-bond donors (Lipinski definition) is 1. The average Bonchev–Trinajstić information content (AvgIpc) is 2.94. The van der Waals surface area contributed by atoms with Gasteiger partial charge in [0.05, 0.1) is 5.02 Å². The SMILES string of the molecule is O=C(NC1CC1)c1cc(Cl)c2c(c1)OCO2. The highest BCUT2D eigenvalue weighted by Crippen LogP contribution is 2.39. The molecule has 1 fully saturated rings. The van der Waals surface area contributed by atoms with Crippen LogP contribution in [0.3, 0.4) is 0 Å². The van der Waals surface area contributed by atoms with Crippen molar-refractivity contribution in [2.75, 3.05) is 6.79 Å². The Labute approximate surface area is 97.5 Å². The predicted octanol–water partition coefficient (Wildman–Crippen LogP) is 1.96. The molecule has 1 aromatic rings. The maximum absolute atomic E-state index is 11.8. The van der Waals surface area contributed by atoms with Gasteiger partial charge in [0.2, 0.25) is 6.79 Å².